The highest BCUT2D eigenvalue weighted by Gasteiger charge is 2.54. The minimum Gasteiger partial charge on any atom is -0.390 e. The third-order valence-corrected chi connectivity index (χ3v) is 7.39. The molecule has 0 spiro atoms. The number of benzene rings is 1. The summed E-state index contributed by atoms with van der Waals surface area (Å²) in [5, 5.41) is 21.4. The molecule has 1 aromatic carbocycles. The zero-order valence-electron chi connectivity index (χ0n) is 17.2. The first kappa shape index (κ1) is 18.7. The number of hydrogen-bond donors (Lipinski definition) is 2. The lowest BCUT2D eigenvalue weighted by molar-refractivity contribution is -0.178. The van der Waals surface area contributed by atoms with E-state index in [0.717, 1.165) is 22.9 Å². The van der Waals surface area contributed by atoms with Crippen LogP contribution in [0.1, 0.15) is 87.4 Å². The predicted molar refractivity (Wildman–Crippen MR) is 112 cm³/mol. The molecule has 6 rings (SSSR count). The van der Waals surface area contributed by atoms with Crippen LogP contribution in [0, 0.1) is 11.3 Å². The molecule has 2 atom stereocenters. The Labute approximate surface area is 171 Å². The van der Waals surface area contributed by atoms with E-state index in [9.17, 15) is 15.2 Å². The maximum atomic E-state index is 13.3. The van der Waals surface area contributed by atoms with Gasteiger partial charge in [0.25, 0.3) is 0 Å². The minimum absolute atomic E-state index is 0.0239. The molecule has 2 aliphatic heterocycles. The number of nitrogens with one attached hydrogen (secondary N) is 1. The molecule has 2 bridgehead atoms. The topological polar surface area (TPSA) is 80.1 Å². The molecule has 2 saturated carbocycles. The van der Waals surface area contributed by atoms with E-state index in [1.807, 2.05) is 6.07 Å². The summed E-state index contributed by atoms with van der Waals surface area (Å²) in [6.07, 6.45) is 5.82. The smallest absolute Gasteiger partial charge is 0.223 e. The first-order valence-corrected chi connectivity index (χ1v) is 11.0. The van der Waals surface area contributed by atoms with Gasteiger partial charge in [-0.15, -0.1) is 0 Å². The lowest BCUT2D eigenvalue weighted by Gasteiger charge is -2.58. The second kappa shape index (κ2) is 6.60. The lowest BCUT2D eigenvalue weighted by atomic mass is 9.66. The van der Waals surface area contributed by atoms with Crippen molar-refractivity contribution in [2.24, 2.45) is 0 Å². The quantitative estimate of drug-likeness (QED) is 0.797. The Morgan fingerprint density at radius 1 is 1.38 bits per heavy atom. The summed E-state index contributed by atoms with van der Waals surface area (Å²) < 4.78 is 0. The molecule has 2 aromatic rings. The van der Waals surface area contributed by atoms with Gasteiger partial charge in [-0.25, -0.2) is 0 Å². The summed E-state index contributed by atoms with van der Waals surface area (Å²) in [7, 11) is 0. The molecule has 0 radical (unpaired) electrons. The summed E-state index contributed by atoms with van der Waals surface area (Å²) in [5.41, 5.74) is 3.39. The van der Waals surface area contributed by atoms with E-state index in [1.165, 1.54) is 18.4 Å². The first-order chi connectivity index (χ1) is 13.9. The number of piperidine rings is 2. The van der Waals surface area contributed by atoms with E-state index >= 15 is 0 Å². The van der Waals surface area contributed by atoms with Crippen molar-refractivity contribution in [3.63, 3.8) is 0 Å². The normalized spacial score (nSPS) is 29.4. The van der Waals surface area contributed by atoms with E-state index in [0.29, 0.717) is 37.3 Å². The molecule has 4 fully saturated rings. The van der Waals surface area contributed by atoms with Gasteiger partial charge in [0.15, 0.2) is 0 Å². The number of aromatic amines is 1. The maximum Gasteiger partial charge on any atom is 0.223 e. The Balaban J connectivity index is 1.45. The fourth-order valence-electron chi connectivity index (χ4n) is 5.85. The number of nitrogens with zero attached hydrogens (tertiary/aromatic N) is 2. The monoisotopic (exact) mass is 391 g/mol. The molecule has 3 heterocycles. The molecule has 2 saturated heterocycles. The fourth-order valence-corrected chi connectivity index (χ4v) is 5.85. The average Bonchev–Trinajstić information content (AvgIpc) is 3.45. The summed E-state index contributed by atoms with van der Waals surface area (Å²) in [6.45, 7) is 4.17. The van der Waals surface area contributed by atoms with E-state index in [1.54, 1.807) is 0 Å². The largest absolute Gasteiger partial charge is 0.390 e. The Hall–Kier alpha value is -2.32. The van der Waals surface area contributed by atoms with Gasteiger partial charge < -0.3 is 15.0 Å². The van der Waals surface area contributed by atoms with Gasteiger partial charge in [-0.1, -0.05) is 26.0 Å². The standard InChI is InChI=1S/C24H29N3O2/c1-3-16-10-24(29)11-17(12-24)27(16)21(28)9-14(2)22-20(13-25)26-19-6-4-5-18(23(19)22)15-7-8-15/h4-6,14-17,26,29H,3,7-12H2,1-2H3. The van der Waals surface area contributed by atoms with E-state index in [2.05, 4.69) is 41.9 Å². The number of carbonyl (C=O) groups excluding carboxylic acids is 1. The van der Waals surface area contributed by atoms with Gasteiger partial charge in [0, 0.05) is 29.4 Å². The van der Waals surface area contributed by atoms with Crippen molar-refractivity contribution in [3.8, 4) is 6.07 Å². The van der Waals surface area contributed by atoms with Crippen LogP contribution in [0.2, 0.25) is 0 Å². The second-order valence-electron chi connectivity index (χ2n) is 9.53. The van der Waals surface area contributed by atoms with Crippen molar-refractivity contribution < 1.29 is 9.90 Å². The molecule has 1 aromatic heterocycles. The van der Waals surface area contributed by atoms with Crippen molar-refractivity contribution in [2.75, 3.05) is 0 Å². The molecule has 2 N–H and O–H groups in total. The molecule has 152 valence electrons. The van der Waals surface area contributed by atoms with E-state index in [4.69, 9.17) is 0 Å². The number of hydrogen-bond acceptors (Lipinski definition) is 3. The van der Waals surface area contributed by atoms with Crippen molar-refractivity contribution in [1.82, 2.24) is 9.88 Å². The van der Waals surface area contributed by atoms with Gasteiger partial charge in [-0.2, -0.15) is 5.26 Å². The van der Waals surface area contributed by atoms with Crippen LogP contribution in [0.4, 0.5) is 0 Å². The molecule has 4 aliphatic rings. The van der Waals surface area contributed by atoms with Gasteiger partial charge in [-0.3, -0.25) is 4.79 Å². The van der Waals surface area contributed by atoms with Crippen LogP contribution in [-0.4, -0.2) is 38.6 Å². The average molecular weight is 392 g/mol. The highest BCUT2D eigenvalue weighted by molar-refractivity contribution is 5.91. The molecule has 5 nitrogen and oxygen atoms in total. The molecular formula is C24H29N3O2. The second-order valence-corrected chi connectivity index (χ2v) is 9.53. The number of fused-ring (bicyclic) bond motifs is 3. The van der Waals surface area contributed by atoms with Gasteiger partial charge in [0.2, 0.25) is 5.91 Å². The van der Waals surface area contributed by atoms with Crippen LogP contribution in [0.5, 0.6) is 0 Å². The van der Waals surface area contributed by atoms with Crippen LogP contribution in [0.3, 0.4) is 0 Å². The van der Waals surface area contributed by atoms with Crippen LogP contribution in [0.25, 0.3) is 10.9 Å². The Kier molecular flexibility index (Phi) is 4.25. The minimum atomic E-state index is -0.544. The Morgan fingerprint density at radius 2 is 2.14 bits per heavy atom. The number of carbonyl (C=O) groups is 1. The third-order valence-electron chi connectivity index (χ3n) is 7.39. The summed E-state index contributed by atoms with van der Waals surface area (Å²) in [5.74, 6) is 0.726. The van der Waals surface area contributed by atoms with E-state index in [-0.39, 0.29) is 23.9 Å². The number of aromatic nitrogens is 1. The van der Waals surface area contributed by atoms with Crippen molar-refractivity contribution in [1.29, 1.82) is 5.26 Å². The molecule has 2 unspecified atom stereocenters. The van der Waals surface area contributed by atoms with Gasteiger partial charge in [0.1, 0.15) is 11.8 Å². The summed E-state index contributed by atoms with van der Waals surface area (Å²) in [4.78, 5) is 18.7. The van der Waals surface area contributed by atoms with Gasteiger partial charge >= 0.3 is 0 Å². The molecule has 5 heteroatoms. The summed E-state index contributed by atoms with van der Waals surface area (Å²) >= 11 is 0. The number of amides is 1. The van der Waals surface area contributed by atoms with Gasteiger partial charge in [0.05, 0.1) is 5.60 Å². The zero-order chi connectivity index (χ0) is 20.3. The number of nitriles is 1. The Morgan fingerprint density at radius 3 is 2.79 bits per heavy atom. The Bertz CT molecular complexity index is 1010. The zero-order valence-corrected chi connectivity index (χ0v) is 17.2. The lowest BCUT2D eigenvalue weighted by Crippen LogP contribution is -2.67. The van der Waals surface area contributed by atoms with Crippen LogP contribution in [0.15, 0.2) is 18.2 Å². The van der Waals surface area contributed by atoms with Crippen LogP contribution in [-0.2, 0) is 4.79 Å². The molecule has 29 heavy (non-hydrogen) atoms. The molecular weight excluding hydrogens is 362 g/mol. The number of H-pyrrole nitrogens is 1. The highest BCUT2D eigenvalue weighted by Crippen LogP contribution is 2.48. The number of rotatable bonds is 5. The first-order valence-electron chi connectivity index (χ1n) is 11.0. The highest BCUT2D eigenvalue weighted by atomic mass is 16.3. The predicted octanol–water partition coefficient (Wildman–Crippen LogP) is 4.31. The van der Waals surface area contributed by atoms with Crippen molar-refractivity contribution in [2.45, 2.75) is 88.3 Å². The fraction of sp³-hybridized carbons (Fsp3) is 0.583. The van der Waals surface area contributed by atoms with Crippen molar-refractivity contribution >= 4 is 16.8 Å². The van der Waals surface area contributed by atoms with Crippen LogP contribution >= 0.6 is 0 Å². The number of aliphatic hydroxyl groups is 1. The summed E-state index contributed by atoms with van der Waals surface area (Å²) in [6, 6.07) is 8.92. The van der Waals surface area contributed by atoms with E-state index < -0.39 is 5.60 Å². The third kappa shape index (κ3) is 2.97. The molecule has 2 aliphatic carbocycles. The van der Waals surface area contributed by atoms with Crippen molar-refractivity contribution in [3.05, 3.63) is 35.0 Å². The van der Waals surface area contributed by atoms with Gasteiger partial charge in [-0.05, 0) is 67.6 Å². The van der Waals surface area contributed by atoms with Crippen LogP contribution < -0.4 is 0 Å². The maximum absolute atomic E-state index is 13.3. The molecule has 1 amide bonds. The SMILES string of the molecule is CCC1CC2(O)CC(C2)N1C(=O)CC(C)c1c(C#N)[nH]c2cccc(C3CC3)c12.